The van der Waals surface area contributed by atoms with Crippen LogP contribution >= 0.6 is 0 Å². The highest BCUT2D eigenvalue weighted by atomic mass is 16.7. The zero-order valence-electron chi connectivity index (χ0n) is 23.3. The summed E-state index contributed by atoms with van der Waals surface area (Å²) in [6.07, 6.45) is 2.00. The Kier molecular flexibility index (Phi) is 7.98. The maximum absolute atomic E-state index is 13.3. The Hall–Kier alpha value is -4.54. The Labute approximate surface area is 242 Å². The molecular weight excluding hydrogens is 540 g/mol. The average molecular weight is 573 g/mol. The smallest absolute Gasteiger partial charge is 0.338 e. The fourth-order valence-electron chi connectivity index (χ4n) is 5.14. The molecule has 42 heavy (non-hydrogen) atoms. The van der Waals surface area contributed by atoms with Crippen LogP contribution in [0.15, 0.2) is 70.1 Å². The summed E-state index contributed by atoms with van der Waals surface area (Å²) >= 11 is 0. The van der Waals surface area contributed by atoms with Crippen LogP contribution in [0.4, 0.5) is 0 Å². The maximum Gasteiger partial charge on any atom is 0.338 e. The van der Waals surface area contributed by atoms with E-state index in [4.69, 9.17) is 23.4 Å². The number of carbonyl (C=O) groups is 1. The Morgan fingerprint density at radius 1 is 0.929 bits per heavy atom. The van der Waals surface area contributed by atoms with Crippen LogP contribution in [0.1, 0.15) is 34.8 Å². The summed E-state index contributed by atoms with van der Waals surface area (Å²) in [5.74, 6) is 1.63. The topological polar surface area (TPSA) is 111 Å². The van der Waals surface area contributed by atoms with Crippen LogP contribution in [0.25, 0.3) is 11.0 Å². The van der Waals surface area contributed by atoms with E-state index in [1.54, 1.807) is 30.3 Å². The second-order valence-electron chi connectivity index (χ2n) is 10.4. The molecule has 0 atom stereocenters. The fourth-order valence-corrected chi connectivity index (χ4v) is 5.14. The average Bonchev–Trinajstić information content (AvgIpc) is 3.48. The van der Waals surface area contributed by atoms with Gasteiger partial charge >= 0.3 is 5.97 Å². The first-order valence-electron chi connectivity index (χ1n) is 14.0. The molecule has 6 rings (SSSR count). The lowest BCUT2D eigenvalue weighted by atomic mass is 10.1. The van der Waals surface area contributed by atoms with Crippen molar-refractivity contribution in [3.8, 4) is 28.7 Å². The minimum absolute atomic E-state index is 0.0116. The summed E-state index contributed by atoms with van der Waals surface area (Å²) in [4.78, 5) is 29.9. The number of esters is 1. The highest BCUT2D eigenvalue weighted by Crippen LogP contribution is 2.33. The van der Waals surface area contributed by atoms with Gasteiger partial charge in [0.1, 0.15) is 23.3 Å². The summed E-state index contributed by atoms with van der Waals surface area (Å²) in [6, 6.07) is 15.5. The van der Waals surface area contributed by atoms with Crippen molar-refractivity contribution < 1.29 is 33.3 Å². The predicted molar refractivity (Wildman–Crippen MR) is 154 cm³/mol. The Morgan fingerprint density at radius 2 is 1.67 bits per heavy atom. The predicted octanol–water partition coefficient (Wildman–Crippen LogP) is 4.90. The number of phenolic OH excluding ortho intramolecular Hbond substituents is 1. The standard InChI is InChI=1S/C32H32N2O8/c1-2-15-38-32(37)22-4-6-23(7-5-22)42-29-19-39-31-24(30(29)36)8-9-26(35)25(31)18-34-13-11-33(12-14-34)17-21-3-10-27-28(16-21)41-20-40-27/h3-10,16,19,35H,2,11-15,17-18,20H2,1H3. The molecule has 4 aromatic rings. The maximum atomic E-state index is 13.3. The molecular formula is C32H32N2O8. The lowest BCUT2D eigenvalue weighted by Crippen LogP contribution is -2.45. The molecule has 0 spiro atoms. The highest BCUT2D eigenvalue weighted by Gasteiger charge is 2.22. The van der Waals surface area contributed by atoms with Crippen molar-refractivity contribution in [2.75, 3.05) is 39.6 Å². The van der Waals surface area contributed by atoms with Gasteiger partial charge in [-0.15, -0.1) is 0 Å². The normalized spacial score (nSPS) is 15.2. The van der Waals surface area contributed by atoms with Crippen molar-refractivity contribution in [2.24, 2.45) is 0 Å². The molecule has 0 unspecified atom stereocenters. The van der Waals surface area contributed by atoms with Crippen LogP contribution in [-0.4, -0.2) is 60.5 Å². The molecule has 2 aliphatic rings. The molecule has 1 N–H and O–H groups in total. The van der Waals surface area contributed by atoms with E-state index in [1.807, 2.05) is 19.1 Å². The highest BCUT2D eigenvalue weighted by molar-refractivity contribution is 5.89. The third kappa shape index (κ3) is 5.90. The van der Waals surface area contributed by atoms with Crippen LogP contribution in [0.3, 0.4) is 0 Å². The third-order valence-electron chi connectivity index (χ3n) is 7.43. The van der Waals surface area contributed by atoms with E-state index in [0.717, 1.165) is 50.6 Å². The molecule has 1 saturated heterocycles. The van der Waals surface area contributed by atoms with Crippen LogP contribution in [0.5, 0.6) is 28.7 Å². The first-order valence-corrected chi connectivity index (χ1v) is 14.0. The van der Waals surface area contributed by atoms with Crippen molar-refractivity contribution in [3.63, 3.8) is 0 Å². The van der Waals surface area contributed by atoms with Gasteiger partial charge in [-0.1, -0.05) is 13.0 Å². The number of piperazine rings is 1. The SMILES string of the molecule is CCCOC(=O)c1ccc(Oc2coc3c(CN4CCN(Cc5ccc6c(c5)OCO6)CC4)c(O)ccc3c2=O)cc1. The fraction of sp³-hybridized carbons (Fsp3) is 0.312. The van der Waals surface area contributed by atoms with E-state index in [1.165, 1.54) is 17.9 Å². The molecule has 0 saturated carbocycles. The minimum atomic E-state index is -0.410. The molecule has 3 heterocycles. The van der Waals surface area contributed by atoms with Crippen molar-refractivity contribution in [2.45, 2.75) is 26.4 Å². The van der Waals surface area contributed by atoms with Crippen molar-refractivity contribution >= 4 is 16.9 Å². The summed E-state index contributed by atoms with van der Waals surface area (Å²) in [6.45, 7) is 7.11. The molecule has 10 heteroatoms. The minimum Gasteiger partial charge on any atom is -0.507 e. The first-order chi connectivity index (χ1) is 20.5. The Balaban J connectivity index is 1.11. The van der Waals surface area contributed by atoms with E-state index >= 15 is 0 Å². The van der Waals surface area contributed by atoms with Crippen molar-refractivity contribution in [3.05, 3.63) is 87.8 Å². The van der Waals surface area contributed by atoms with Gasteiger partial charge in [-0.2, -0.15) is 0 Å². The number of rotatable bonds is 9. The molecule has 3 aromatic carbocycles. The van der Waals surface area contributed by atoms with Crippen LogP contribution < -0.4 is 19.6 Å². The van der Waals surface area contributed by atoms with Gasteiger partial charge < -0.3 is 28.5 Å². The molecule has 0 radical (unpaired) electrons. The van der Waals surface area contributed by atoms with Gasteiger partial charge in [-0.25, -0.2) is 4.79 Å². The van der Waals surface area contributed by atoms with Crippen LogP contribution in [0.2, 0.25) is 0 Å². The van der Waals surface area contributed by atoms with E-state index in [9.17, 15) is 14.7 Å². The largest absolute Gasteiger partial charge is 0.507 e. The third-order valence-corrected chi connectivity index (χ3v) is 7.43. The van der Waals surface area contributed by atoms with Crippen LogP contribution in [0, 0.1) is 0 Å². The molecule has 10 nitrogen and oxygen atoms in total. The van der Waals surface area contributed by atoms with Gasteiger partial charge in [-0.05, 0) is 60.5 Å². The van der Waals surface area contributed by atoms with E-state index in [2.05, 4.69) is 15.9 Å². The number of nitrogens with zero attached hydrogens (tertiary/aromatic N) is 2. The Morgan fingerprint density at radius 3 is 2.43 bits per heavy atom. The quantitative estimate of drug-likeness (QED) is 0.278. The molecule has 1 fully saturated rings. The molecule has 2 aliphatic heterocycles. The molecule has 1 aromatic heterocycles. The van der Waals surface area contributed by atoms with E-state index in [-0.39, 0.29) is 23.7 Å². The zero-order valence-corrected chi connectivity index (χ0v) is 23.3. The van der Waals surface area contributed by atoms with Gasteiger partial charge in [0.2, 0.25) is 18.0 Å². The van der Waals surface area contributed by atoms with Gasteiger partial charge in [0.05, 0.1) is 23.1 Å². The summed E-state index contributed by atoms with van der Waals surface area (Å²) in [5, 5.41) is 11.0. The lowest BCUT2D eigenvalue weighted by Gasteiger charge is -2.34. The monoisotopic (exact) mass is 572 g/mol. The number of carbonyl (C=O) groups excluding carboxylic acids is 1. The zero-order chi connectivity index (χ0) is 29.1. The van der Waals surface area contributed by atoms with Gasteiger partial charge in [0.25, 0.3) is 0 Å². The van der Waals surface area contributed by atoms with Crippen molar-refractivity contribution in [1.29, 1.82) is 0 Å². The van der Waals surface area contributed by atoms with Gasteiger partial charge in [0, 0.05) is 39.3 Å². The summed E-state index contributed by atoms with van der Waals surface area (Å²) in [7, 11) is 0. The van der Waals surface area contributed by atoms with Gasteiger partial charge in [-0.3, -0.25) is 14.6 Å². The number of hydrogen-bond acceptors (Lipinski definition) is 10. The number of fused-ring (bicyclic) bond motifs is 2. The number of ether oxygens (including phenoxy) is 4. The second-order valence-corrected chi connectivity index (χ2v) is 10.4. The van der Waals surface area contributed by atoms with Crippen molar-refractivity contribution in [1.82, 2.24) is 9.80 Å². The van der Waals surface area contributed by atoms with Gasteiger partial charge in [0.15, 0.2) is 11.5 Å². The van der Waals surface area contributed by atoms with E-state index < -0.39 is 5.97 Å². The second kappa shape index (κ2) is 12.1. The van der Waals surface area contributed by atoms with Crippen LogP contribution in [-0.2, 0) is 17.8 Å². The molecule has 218 valence electrons. The molecule has 0 bridgehead atoms. The van der Waals surface area contributed by atoms with E-state index in [0.29, 0.717) is 41.0 Å². The number of phenols is 1. The molecule has 0 amide bonds. The summed E-state index contributed by atoms with van der Waals surface area (Å²) in [5.41, 5.74) is 2.12. The number of benzene rings is 3. The number of aromatic hydroxyl groups is 1. The Bertz CT molecular complexity index is 1640. The molecule has 0 aliphatic carbocycles. The summed E-state index contributed by atoms with van der Waals surface area (Å²) < 4.78 is 27.7. The first kappa shape index (κ1) is 27.6. The number of hydrogen-bond donors (Lipinski definition) is 1. The lowest BCUT2D eigenvalue weighted by molar-refractivity contribution is 0.0505.